The summed E-state index contributed by atoms with van der Waals surface area (Å²) in [4.78, 5) is 19.1. The lowest BCUT2D eigenvalue weighted by atomic mass is 10.1. The molecule has 15 heteroatoms. The predicted molar refractivity (Wildman–Crippen MR) is 116 cm³/mol. The lowest BCUT2D eigenvalue weighted by molar-refractivity contribution is -0.141. The van der Waals surface area contributed by atoms with Crippen molar-refractivity contribution in [2.24, 2.45) is 0 Å². The molecule has 36 heavy (non-hydrogen) atoms. The van der Waals surface area contributed by atoms with E-state index in [4.69, 9.17) is 4.42 Å². The highest BCUT2D eigenvalue weighted by atomic mass is 32.2. The highest BCUT2D eigenvalue weighted by Crippen LogP contribution is 2.30. The lowest BCUT2D eigenvalue weighted by Crippen LogP contribution is -2.50. The van der Waals surface area contributed by atoms with Crippen LogP contribution in [0.3, 0.4) is 0 Å². The topological polar surface area (TPSA) is 110 Å². The van der Waals surface area contributed by atoms with Crippen LogP contribution in [0.25, 0.3) is 11.5 Å². The SMILES string of the molecule is O=C(N1CCS(=O)(=O)CC1)N(Cc1ccc(-c2nnc(C(F)F)o2)cc1)c1cccc(C(F)(F)F)n1. The number of anilines is 1. The molecule has 1 saturated heterocycles. The molecule has 2 aromatic heterocycles. The van der Waals surface area contributed by atoms with Gasteiger partial charge in [-0.3, -0.25) is 4.90 Å². The number of sulfone groups is 1. The number of urea groups is 1. The van der Waals surface area contributed by atoms with E-state index >= 15 is 0 Å². The molecule has 0 atom stereocenters. The minimum atomic E-state index is -4.74. The van der Waals surface area contributed by atoms with Gasteiger partial charge in [-0.25, -0.2) is 18.2 Å². The fourth-order valence-corrected chi connectivity index (χ4v) is 4.63. The third-order valence-electron chi connectivity index (χ3n) is 5.32. The third kappa shape index (κ3) is 5.78. The molecule has 0 unspecified atom stereocenters. The zero-order chi connectivity index (χ0) is 26.1. The van der Waals surface area contributed by atoms with Crippen molar-refractivity contribution in [1.29, 1.82) is 0 Å². The molecule has 1 aliphatic heterocycles. The van der Waals surface area contributed by atoms with Crippen LogP contribution in [0.4, 0.5) is 32.6 Å². The molecule has 2 amide bonds. The number of alkyl halides is 5. The Morgan fingerprint density at radius 2 is 1.72 bits per heavy atom. The third-order valence-corrected chi connectivity index (χ3v) is 6.93. The molecule has 3 aromatic rings. The molecule has 4 rings (SSSR count). The summed E-state index contributed by atoms with van der Waals surface area (Å²) in [5.74, 6) is -1.79. The second kappa shape index (κ2) is 9.79. The number of aromatic nitrogens is 3. The summed E-state index contributed by atoms with van der Waals surface area (Å²) < 4.78 is 93.5. The van der Waals surface area contributed by atoms with Gasteiger partial charge in [0.2, 0.25) is 5.89 Å². The van der Waals surface area contributed by atoms with E-state index < -0.39 is 40.1 Å². The predicted octanol–water partition coefficient (Wildman–Crippen LogP) is 3.95. The van der Waals surface area contributed by atoms with E-state index in [0.717, 1.165) is 17.0 Å². The Morgan fingerprint density at radius 3 is 2.31 bits per heavy atom. The number of carbonyl (C=O) groups is 1. The van der Waals surface area contributed by atoms with E-state index in [0.29, 0.717) is 11.1 Å². The van der Waals surface area contributed by atoms with E-state index in [9.17, 15) is 35.2 Å². The van der Waals surface area contributed by atoms with Crippen LogP contribution in [0.1, 0.15) is 23.6 Å². The first kappa shape index (κ1) is 25.5. The molecule has 1 aliphatic rings. The van der Waals surface area contributed by atoms with Gasteiger partial charge in [0.1, 0.15) is 11.5 Å². The average Bonchev–Trinajstić information content (AvgIpc) is 3.33. The Labute approximate surface area is 201 Å². The van der Waals surface area contributed by atoms with Gasteiger partial charge in [0.25, 0.3) is 5.89 Å². The molecule has 0 aliphatic carbocycles. The van der Waals surface area contributed by atoms with Gasteiger partial charge in [-0.05, 0) is 29.8 Å². The van der Waals surface area contributed by atoms with Crippen LogP contribution in [-0.2, 0) is 22.6 Å². The van der Waals surface area contributed by atoms with E-state index in [1.54, 1.807) is 0 Å². The van der Waals surface area contributed by atoms with Crippen molar-refractivity contribution in [3.63, 3.8) is 0 Å². The van der Waals surface area contributed by atoms with Crippen molar-refractivity contribution in [2.75, 3.05) is 29.5 Å². The highest BCUT2D eigenvalue weighted by molar-refractivity contribution is 7.91. The van der Waals surface area contributed by atoms with Crippen LogP contribution < -0.4 is 4.90 Å². The van der Waals surface area contributed by atoms with Gasteiger partial charge < -0.3 is 9.32 Å². The lowest BCUT2D eigenvalue weighted by Gasteiger charge is -2.32. The normalized spacial score (nSPS) is 15.8. The maximum Gasteiger partial charge on any atom is 0.433 e. The Bertz CT molecular complexity index is 1330. The second-order valence-corrected chi connectivity index (χ2v) is 10.1. The van der Waals surface area contributed by atoms with Crippen molar-refractivity contribution in [2.45, 2.75) is 19.1 Å². The Kier molecular flexibility index (Phi) is 6.93. The van der Waals surface area contributed by atoms with Crippen LogP contribution in [0, 0.1) is 0 Å². The van der Waals surface area contributed by atoms with Gasteiger partial charge in [-0.15, -0.1) is 10.2 Å². The molecular formula is C21H18F5N5O4S. The molecule has 0 N–H and O–H groups in total. The molecule has 1 aromatic carbocycles. The van der Waals surface area contributed by atoms with Gasteiger partial charge in [-0.2, -0.15) is 22.0 Å². The van der Waals surface area contributed by atoms with E-state index in [2.05, 4.69) is 15.2 Å². The van der Waals surface area contributed by atoms with E-state index in [1.165, 1.54) is 35.2 Å². The standard InChI is InChI=1S/C21H18F5N5O4S/c22-17(23)19-29-28-18(35-19)14-6-4-13(5-7-14)12-31(16-3-1-2-15(27-16)21(24,25)26)20(32)30-8-10-36(33,34)11-9-30/h1-7,17H,8-12H2. The molecule has 0 bridgehead atoms. The van der Waals surface area contributed by atoms with Gasteiger partial charge in [0, 0.05) is 18.7 Å². The maximum absolute atomic E-state index is 13.3. The molecule has 192 valence electrons. The molecule has 0 spiro atoms. The largest absolute Gasteiger partial charge is 0.433 e. The minimum Gasteiger partial charge on any atom is -0.415 e. The first-order valence-electron chi connectivity index (χ1n) is 10.4. The Balaban J connectivity index is 1.61. The average molecular weight is 531 g/mol. The highest BCUT2D eigenvalue weighted by Gasteiger charge is 2.34. The van der Waals surface area contributed by atoms with Crippen molar-refractivity contribution in [1.82, 2.24) is 20.1 Å². The zero-order valence-electron chi connectivity index (χ0n) is 18.3. The quantitative estimate of drug-likeness (QED) is 0.459. The first-order chi connectivity index (χ1) is 16.9. The smallest absolute Gasteiger partial charge is 0.415 e. The van der Waals surface area contributed by atoms with Gasteiger partial charge in [-0.1, -0.05) is 18.2 Å². The summed E-state index contributed by atoms with van der Waals surface area (Å²) >= 11 is 0. The van der Waals surface area contributed by atoms with Crippen LogP contribution in [0.5, 0.6) is 0 Å². The summed E-state index contributed by atoms with van der Waals surface area (Å²) in [6.07, 6.45) is -7.68. The van der Waals surface area contributed by atoms with Crippen LogP contribution >= 0.6 is 0 Å². The maximum atomic E-state index is 13.3. The Hall–Kier alpha value is -3.62. The fraction of sp³-hybridized carbons (Fsp3) is 0.333. The molecule has 3 heterocycles. The molecule has 1 fully saturated rings. The number of hydrogen-bond acceptors (Lipinski definition) is 7. The summed E-state index contributed by atoms with van der Waals surface area (Å²) in [5.41, 5.74) is -0.417. The number of pyridine rings is 1. The first-order valence-corrected chi connectivity index (χ1v) is 12.3. The summed E-state index contributed by atoms with van der Waals surface area (Å²) in [5, 5.41) is 6.79. The van der Waals surface area contributed by atoms with Crippen molar-refractivity contribution in [3.05, 3.63) is 59.6 Å². The van der Waals surface area contributed by atoms with Crippen molar-refractivity contribution >= 4 is 21.7 Å². The van der Waals surface area contributed by atoms with Gasteiger partial charge in [0.15, 0.2) is 9.84 Å². The van der Waals surface area contributed by atoms with E-state index in [-0.39, 0.29) is 42.8 Å². The minimum absolute atomic E-state index is 0.112. The number of nitrogens with zero attached hydrogens (tertiary/aromatic N) is 5. The summed E-state index contributed by atoms with van der Waals surface area (Å²) in [6.45, 7) is -0.429. The van der Waals surface area contributed by atoms with Crippen molar-refractivity contribution < 1.29 is 39.6 Å². The molecule has 0 saturated carbocycles. The number of amides is 2. The van der Waals surface area contributed by atoms with Crippen molar-refractivity contribution in [3.8, 4) is 11.5 Å². The van der Waals surface area contributed by atoms with E-state index in [1.807, 2.05) is 0 Å². The second-order valence-electron chi connectivity index (χ2n) is 7.83. The van der Waals surface area contributed by atoms with Crippen LogP contribution in [-0.4, -0.2) is 59.1 Å². The zero-order valence-corrected chi connectivity index (χ0v) is 19.1. The fourth-order valence-electron chi connectivity index (χ4n) is 3.43. The van der Waals surface area contributed by atoms with Gasteiger partial charge >= 0.3 is 18.6 Å². The summed E-state index contributed by atoms with van der Waals surface area (Å²) in [7, 11) is -3.30. The number of benzene rings is 1. The number of halogens is 5. The van der Waals surface area contributed by atoms with Gasteiger partial charge in [0.05, 0.1) is 18.1 Å². The summed E-state index contributed by atoms with van der Waals surface area (Å²) in [6, 6.07) is 8.37. The molecule has 9 nitrogen and oxygen atoms in total. The molecular weight excluding hydrogens is 513 g/mol. The van der Waals surface area contributed by atoms with Crippen LogP contribution in [0.15, 0.2) is 46.9 Å². The molecule has 0 radical (unpaired) electrons. The van der Waals surface area contributed by atoms with Crippen LogP contribution in [0.2, 0.25) is 0 Å². The number of carbonyl (C=O) groups excluding carboxylic acids is 1. The number of rotatable bonds is 5. The monoisotopic (exact) mass is 531 g/mol. The Morgan fingerprint density at radius 1 is 1.06 bits per heavy atom. The number of hydrogen-bond donors (Lipinski definition) is 0.